The standard InChI is InChI=1S/C7H16NO2.C3H5ClO2/c1-6(9)7(10)5-8(2,3)4;1-3(5)6-2-4/h7,10H,5H2,1-4H3;2H2,1H3/q+1;. The number of carbonyl (C=O) groups is 2. The highest BCUT2D eigenvalue weighted by Crippen LogP contribution is 1.95. The van der Waals surface area contributed by atoms with Crippen molar-refractivity contribution in [2.24, 2.45) is 0 Å². The molecule has 16 heavy (non-hydrogen) atoms. The Bertz CT molecular complexity index is 225. The summed E-state index contributed by atoms with van der Waals surface area (Å²) >= 11 is 4.95. The maximum absolute atomic E-state index is 10.6. The van der Waals surface area contributed by atoms with Crippen LogP contribution in [0.1, 0.15) is 13.8 Å². The summed E-state index contributed by atoms with van der Waals surface area (Å²) in [5, 5.41) is 9.10. The van der Waals surface area contributed by atoms with Gasteiger partial charge in [0.05, 0.1) is 21.1 Å². The molecule has 0 radical (unpaired) electrons. The molecule has 96 valence electrons. The fourth-order valence-corrected chi connectivity index (χ4v) is 0.878. The summed E-state index contributed by atoms with van der Waals surface area (Å²) in [7, 11) is 5.81. The van der Waals surface area contributed by atoms with Crippen LogP contribution in [0.5, 0.6) is 0 Å². The lowest BCUT2D eigenvalue weighted by molar-refractivity contribution is -0.872. The smallest absolute Gasteiger partial charge is 0.303 e. The summed E-state index contributed by atoms with van der Waals surface area (Å²) in [6.45, 7) is 3.19. The highest BCUT2D eigenvalue weighted by Gasteiger charge is 2.18. The summed E-state index contributed by atoms with van der Waals surface area (Å²) in [4.78, 5) is 20.3. The Balaban J connectivity index is 0. The lowest BCUT2D eigenvalue weighted by Crippen LogP contribution is -2.43. The molecular formula is C10H21ClNO4+. The first-order chi connectivity index (χ1) is 7.10. The van der Waals surface area contributed by atoms with Gasteiger partial charge in [0.1, 0.15) is 6.54 Å². The number of carbonyl (C=O) groups excluding carboxylic acids is 2. The Morgan fingerprint density at radius 1 is 1.31 bits per heavy atom. The van der Waals surface area contributed by atoms with Crippen LogP contribution >= 0.6 is 11.6 Å². The van der Waals surface area contributed by atoms with E-state index in [4.69, 9.17) is 16.7 Å². The zero-order valence-electron chi connectivity index (χ0n) is 10.5. The van der Waals surface area contributed by atoms with Crippen molar-refractivity contribution in [1.82, 2.24) is 0 Å². The molecule has 0 fully saturated rings. The van der Waals surface area contributed by atoms with Gasteiger partial charge in [0.15, 0.2) is 18.0 Å². The second-order valence-electron chi connectivity index (χ2n) is 4.34. The number of esters is 1. The Hall–Kier alpha value is -0.650. The molecule has 1 atom stereocenters. The Morgan fingerprint density at radius 2 is 1.75 bits per heavy atom. The third kappa shape index (κ3) is 15.8. The summed E-state index contributed by atoms with van der Waals surface area (Å²) < 4.78 is 4.78. The monoisotopic (exact) mass is 254 g/mol. The zero-order chi connectivity index (χ0) is 13.4. The van der Waals surface area contributed by atoms with E-state index in [1.54, 1.807) is 0 Å². The van der Waals surface area contributed by atoms with Gasteiger partial charge in [-0.05, 0) is 6.92 Å². The van der Waals surface area contributed by atoms with Crippen LogP contribution in [-0.4, -0.2) is 61.2 Å². The first kappa shape index (κ1) is 17.7. The largest absolute Gasteiger partial charge is 0.450 e. The molecule has 0 aliphatic rings. The molecule has 6 heteroatoms. The second-order valence-corrected chi connectivity index (χ2v) is 4.56. The minimum absolute atomic E-state index is 0.0463. The number of ketones is 1. The Kier molecular flexibility index (Phi) is 9.42. The van der Waals surface area contributed by atoms with E-state index in [0.29, 0.717) is 11.0 Å². The molecule has 1 N–H and O–H groups in total. The molecule has 0 saturated carbocycles. The molecule has 0 aromatic carbocycles. The molecular weight excluding hydrogens is 234 g/mol. The number of quaternary nitrogens is 1. The third-order valence-corrected chi connectivity index (χ3v) is 1.56. The molecule has 5 nitrogen and oxygen atoms in total. The average Bonchev–Trinajstić information content (AvgIpc) is 2.01. The van der Waals surface area contributed by atoms with E-state index in [9.17, 15) is 9.59 Å². The normalized spacial score (nSPS) is 12.2. The predicted molar refractivity (Wildman–Crippen MR) is 62.1 cm³/mol. The maximum Gasteiger partial charge on any atom is 0.303 e. The number of hydrogen-bond acceptors (Lipinski definition) is 4. The van der Waals surface area contributed by atoms with Crippen LogP contribution in [0.3, 0.4) is 0 Å². The van der Waals surface area contributed by atoms with Crippen molar-refractivity contribution in [1.29, 1.82) is 0 Å². The lowest BCUT2D eigenvalue weighted by atomic mass is 10.2. The van der Waals surface area contributed by atoms with Gasteiger partial charge in [0.2, 0.25) is 0 Å². The van der Waals surface area contributed by atoms with Crippen LogP contribution < -0.4 is 0 Å². The van der Waals surface area contributed by atoms with Gasteiger partial charge < -0.3 is 14.3 Å². The van der Waals surface area contributed by atoms with Crippen molar-refractivity contribution in [3.8, 4) is 0 Å². The Morgan fingerprint density at radius 3 is 1.81 bits per heavy atom. The number of Topliss-reactive ketones (excluding diaryl/α,β-unsaturated/α-hetero) is 1. The number of hydrogen-bond donors (Lipinski definition) is 1. The van der Waals surface area contributed by atoms with Crippen LogP contribution in [0, 0.1) is 0 Å². The second kappa shape index (κ2) is 8.50. The molecule has 0 saturated heterocycles. The van der Waals surface area contributed by atoms with E-state index in [-0.39, 0.29) is 17.8 Å². The average molecular weight is 255 g/mol. The summed E-state index contributed by atoms with van der Waals surface area (Å²) in [6.07, 6.45) is -0.806. The van der Waals surface area contributed by atoms with Gasteiger partial charge in [0, 0.05) is 6.92 Å². The summed E-state index contributed by atoms with van der Waals surface area (Å²) in [6, 6.07) is -0.0463. The number of alkyl halides is 1. The van der Waals surface area contributed by atoms with E-state index >= 15 is 0 Å². The van der Waals surface area contributed by atoms with Crippen molar-refractivity contribution in [2.75, 3.05) is 33.8 Å². The number of rotatable bonds is 4. The van der Waals surface area contributed by atoms with E-state index in [0.717, 1.165) is 0 Å². The summed E-state index contributed by atoms with van der Waals surface area (Å²) in [5.41, 5.74) is 0. The molecule has 0 spiro atoms. The highest BCUT2D eigenvalue weighted by atomic mass is 35.5. The van der Waals surface area contributed by atoms with Crippen molar-refractivity contribution in [3.05, 3.63) is 0 Å². The van der Waals surface area contributed by atoms with Gasteiger partial charge in [-0.1, -0.05) is 11.6 Å². The molecule has 0 aliphatic carbocycles. The number of aliphatic hydroxyl groups excluding tert-OH is 1. The number of ether oxygens (including phenoxy) is 1. The zero-order valence-corrected chi connectivity index (χ0v) is 11.2. The number of halogens is 1. The fourth-order valence-electron chi connectivity index (χ4n) is 0.724. The van der Waals surface area contributed by atoms with Crippen molar-refractivity contribution < 1.29 is 23.9 Å². The van der Waals surface area contributed by atoms with E-state index < -0.39 is 6.10 Å². The third-order valence-electron chi connectivity index (χ3n) is 1.45. The predicted octanol–water partition coefficient (Wildman–Crippen LogP) is 0.388. The number of likely N-dealkylation sites (N-methyl/N-ethyl adjacent to an activating group) is 1. The lowest BCUT2D eigenvalue weighted by Gasteiger charge is -2.25. The molecule has 0 bridgehead atoms. The molecule has 0 aromatic heterocycles. The molecule has 1 unspecified atom stereocenters. The van der Waals surface area contributed by atoms with Crippen LogP contribution in [-0.2, 0) is 14.3 Å². The molecule has 0 aliphatic heterocycles. The number of nitrogens with zero attached hydrogens (tertiary/aromatic N) is 1. The quantitative estimate of drug-likeness (QED) is 0.448. The van der Waals surface area contributed by atoms with E-state index in [2.05, 4.69) is 4.74 Å². The fraction of sp³-hybridized carbons (Fsp3) is 0.800. The Labute approximate surface area is 102 Å². The first-order valence-corrected chi connectivity index (χ1v) is 5.32. The molecule has 0 amide bonds. The highest BCUT2D eigenvalue weighted by molar-refractivity contribution is 6.17. The van der Waals surface area contributed by atoms with Gasteiger partial charge in [-0.15, -0.1) is 0 Å². The topological polar surface area (TPSA) is 63.6 Å². The van der Waals surface area contributed by atoms with Crippen LogP contribution in [0.4, 0.5) is 0 Å². The van der Waals surface area contributed by atoms with Gasteiger partial charge in [-0.3, -0.25) is 9.59 Å². The van der Waals surface area contributed by atoms with E-state index in [1.807, 2.05) is 21.1 Å². The van der Waals surface area contributed by atoms with Gasteiger partial charge in [0.25, 0.3) is 0 Å². The van der Waals surface area contributed by atoms with Crippen molar-refractivity contribution in [2.45, 2.75) is 20.0 Å². The van der Waals surface area contributed by atoms with E-state index in [1.165, 1.54) is 13.8 Å². The molecule has 0 heterocycles. The summed E-state index contributed by atoms with van der Waals surface area (Å²) in [5.74, 6) is -0.502. The van der Waals surface area contributed by atoms with Gasteiger partial charge >= 0.3 is 5.97 Å². The molecule has 0 rings (SSSR count). The van der Waals surface area contributed by atoms with Gasteiger partial charge in [-0.2, -0.15) is 0 Å². The number of aliphatic hydroxyl groups is 1. The van der Waals surface area contributed by atoms with Crippen LogP contribution in [0.2, 0.25) is 0 Å². The SMILES string of the molecule is CC(=O)C(O)C[N+](C)(C)C.CC(=O)OCCl. The van der Waals surface area contributed by atoms with Crippen molar-refractivity contribution in [3.63, 3.8) is 0 Å². The minimum atomic E-state index is -0.806. The minimum Gasteiger partial charge on any atom is -0.450 e. The van der Waals surface area contributed by atoms with Crippen LogP contribution in [0.25, 0.3) is 0 Å². The molecule has 0 aromatic rings. The van der Waals surface area contributed by atoms with Crippen LogP contribution in [0.15, 0.2) is 0 Å². The first-order valence-electron chi connectivity index (χ1n) is 4.78. The maximum atomic E-state index is 10.6. The van der Waals surface area contributed by atoms with Crippen molar-refractivity contribution >= 4 is 23.4 Å². The van der Waals surface area contributed by atoms with Gasteiger partial charge in [-0.25, -0.2) is 0 Å².